The van der Waals surface area contributed by atoms with Gasteiger partial charge in [-0.2, -0.15) is 0 Å². The van der Waals surface area contributed by atoms with Crippen molar-refractivity contribution >= 4 is 47.4 Å². The van der Waals surface area contributed by atoms with Crippen LogP contribution >= 0.6 is 35.6 Å². The van der Waals surface area contributed by atoms with Crippen LogP contribution in [0, 0.1) is 0 Å². The molecule has 0 aliphatic carbocycles. The molecule has 1 aromatic heterocycles. The molecular formula is C17H21ClIN5O. The van der Waals surface area contributed by atoms with Crippen LogP contribution < -0.4 is 16.0 Å². The average molecular weight is 474 g/mol. The maximum absolute atomic E-state index is 12.0. The average Bonchev–Trinajstić information content (AvgIpc) is 2.62. The van der Waals surface area contributed by atoms with Crippen molar-refractivity contribution in [1.82, 2.24) is 20.9 Å². The van der Waals surface area contributed by atoms with E-state index in [1.165, 1.54) is 0 Å². The van der Waals surface area contributed by atoms with Gasteiger partial charge < -0.3 is 16.0 Å². The molecule has 1 amide bonds. The van der Waals surface area contributed by atoms with E-state index >= 15 is 0 Å². The van der Waals surface area contributed by atoms with Crippen molar-refractivity contribution < 1.29 is 4.79 Å². The molecule has 3 N–H and O–H groups in total. The van der Waals surface area contributed by atoms with E-state index in [1.54, 1.807) is 37.5 Å². The Morgan fingerprint density at radius 1 is 1.08 bits per heavy atom. The fraction of sp³-hybridized carbons (Fsp3) is 0.235. The summed E-state index contributed by atoms with van der Waals surface area (Å²) in [6.07, 6.45) is 1.75. The molecule has 1 heterocycles. The Kier molecular flexibility index (Phi) is 9.86. The van der Waals surface area contributed by atoms with Gasteiger partial charge >= 0.3 is 0 Å². The summed E-state index contributed by atoms with van der Waals surface area (Å²) in [6, 6.07) is 12.7. The molecule has 0 fully saturated rings. The standard InChI is InChI=1S/C17H20ClN5O.HI/c1-19-17(23-12-13-6-4-5-9-20-13)22-11-10-21-16(24)14-7-2-3-8-15(14)18;/h2-9H,10-12H2,1H3,(H,21,24)(H2,19,22,23);1H. The van der Waals surface area contributed by atoms with Crippen LogP contribution in [0.15, 0.2) is 53.7 Å². The number of carbonyl (C=O) groups excluding carboxylic acids is 1. The predicted octanol–water partition coefficient (Wildman–Crippen LogP) is 2.45. The van der Waals surface area contributed by atoms with Crippen molar-refractivity contribution in [2.75, 3.05) is 20.1 Å². The molecule has 2 rings (SSSR count). The summed E-state index contributed by atoms with van der Waals surface area (Å²) in [5.74, 6) is 0.450. The van der Waals surface area contributed by atoms with Gasteiger partial charge in [0, 0.05) is 26.3 Å². The number of guanidine groups is 1. The molecule has 0 saturated heterocycles. The second-order valence-electron chi connectivity index (χ2n) is 4.91. The zero-order chi connectivity index (χ0) is 17.2. The number of halogens is 2. The minimum absolute atomic E-state index is 0. The molecule has 134 valence electrons. The Hall–Kier alpha value is -1.87. The first-order valence-electron chi connectivity index (χ1n) is 7.58. The number of hydrogen-bond acceptors (Lipinski definition) is 3. The molecule has 0 aliphatic heterocycles. The molecule has 0 atom stereocenters. The lowest BCUT2D eigenvalue weighted by atomic mass is 10.2. The zero-order valence-electron chi connectivity index (χ0n) is 13.8. The van der Waals surface area contributed by atoms with Crippen molar-refractivity contribution in [3.05, 3.63) is 64.9 Å². The predicted molar refractivity (Wildman–Crippen MR) is 112 cm³/mol. The summed E-state index contributed by atoms with van der Waals surface area (Å²) in [5, 5.41) is 9.53. The van der Waals surface area contributed by atoms with Gasteiger partial charge in [-0.15, -0.1) is 24.0 Å². The van der Waals surface area contributed by atoms with E-state index in [4.69, 9.17) is 11.6 Å². The van der Waals surface area contributed by atoms with E-state index in [-0.39, 0.29) is 29.9 Å². The van der Waals surface area contributed by atoms with Crippen molar-refractivity contribution in [2.24, 2.45) is 4.99 Å². The Balaban J connectivity index is 0.00000312. The van der Waals surface area contributed by atoms with E-state index in [0.29, 0.717) is 36.2 Å². The van der Waals surface area contributed by atoms with Gasteiger partial charge in [0.2, 0.25) is 0 Å². The largest absolute Gasteiger partial charge is 0.355 e. The normalized spacial score (nSPS) is 10.6. The lowest BCUT2D eigenvalue weighted by Gasteiger charge is -2.12. The molecule has 2 aromatic rings. The van der Waals surface area contributed by atoms with Crippen LogP contribution in [0.4, 0.5) is 0 Å². The van der Waals surface area contributed by atoms with E-state index in [9.17, 15) is 4.79 Å². The maximum atomic E-state index is 12.0. The highest BCUT2D eigenvalue weighted by Crippen LogP contribution is 2.14. The molecule has 1 aromatic carbocycles. The van der Waals surface area contributed by atoms with Gasteiger partial charge in [-0.1, -0.05) is 29.8 Å². The monoisotopic (exact) mass is 473 g/mol. The van der Waals surface area contributed by atoms with Crippen LogP contribution in [0.5, 0.6) is 0 Å². The smallest absolute Gasteiger partial charge is 0.252 e. The highest BCUT2D eigenvalue weighted by Gasteiger charge is 2.08. The molecule has 0 saturated carbocycles. The number of pyridine rings is 1. The topological polar surface area (TPSA) is 78.4 Å². The molecule has 0 radical (unpaired) electrons. The molecule has 6 nitrogen and oxygen atoms in total. The van der Waals surface area contributed by atoms with Crippen molar-refractivity contribution in [2.45, 2.75) is 6.54 Å². The first-order valence-corrected chi connectivity index (χ1v) is 7.95. The van der Waals surface area contributed by atoms with Gasteiger partial charge in [0.05, 0.1) is 22.8 Å². The quantitative estimate of drug-likeness (QED) is 0.261. The lowest BCUT2D eigenvalue weighted by molar-refractivity contribution is 0.0954. The number of amides is 1. The van der Waals surface area contributed by atoms with E-state index < -0.39 is 0 Å². The van der Waals surface area contributed by atoms with E-state index in [0.717, 1.165) is 5.69 Å². The number of hydrogen-bond donors (Lipinski definition) is 3. The third kappa shape index (κ3) is 7.27. The summed E-state index contributed by atoms with van der Waals surface area (Å²) < 4.78 is 0. The van der Waals surface area contributed by atoms with Gasteiger partial charge in [-0.3, -0.25) is 14.8 Å². The number of benzene rings is 1. The molecule has 0 unspecified atom stereocenters. The second-order valence-corrected chi connectivity index (χ2v) is 5.32. The van der Waals surface area contributed by atoms with Gasteiger partial charge in [0.25, 0.3) is 5.91 Å². The fourth-order valence-electron chi connectivity index (χ4n) is 2.00. The summed E-state index contributed by atoms with van der Waals surface area (Å²) in [4.78, 5) is 20.4. The van der Waals surface area contributed by atoms with Gasteiger partial charge in [0.1, 0.15) is 0 Å². The number of nitrogens with one attached hydrogen (secondary N) is 3. The van der Waals surface area contributed by atoms with E-state index in [2.05, 4.69) is 25.9 Å². The number of rotatable bonds is 6. The highest BCUT2D eigenvalue weighted by molar-refractivity contribution is 14.0. The van der Waals surface area contributed by atoms with Crippen LogP contribution in [-0.2, 0) is 6.54 Å². The molecule has 0 bridgehead atoms. The molecule has 0 aliphatic rings. The van der Waals surface area contributed by atoms with Crippen LogP contribution in [0.2, 0.25) is 5.02 Å². The number of aromatic nitrogens is 1. The number of aliphatic imine (C=N–C) groups is 1. The first kappa shape index (κ1) is 21.2. The summed E-state index contributed by atoms with van der Waals surface area (Å²) in [7, 11) is 1.69. The Morgan fingerprint density at radius 3 is 2.48 bits per heavy atom. The minimum atomic E-state index is -0.196. The van der Waals surface area contributed by atoms with Gasteiger partial charge in [0.15, 0.2) is 5.96 Å². The molecular weight excluding hydrogens is 453 g/mol. The lowest BCUT2D eigenvalue weighted by Crippen LogP contribution is -2.41. The molecule has 25 heavy (non-hydrogen) atoms. The Bertz CT molecular complexity index is 696. The maximum Gasteiger partial charge on any atom is 0.252 e. The summed E-state index contributed by atoms with van der Waals surface area (Å²) >= 11 is 5.99. The third-order valence-electron chi connectivity index (χ3n) is 3.21. The minimum Gasteiger partial charge on any atom is -0.355 e. The third-order valence-corrected chi connectivity index (χ3v) is 3.54. The van der Waals surface area contributed by atoms with Crippen LogP contribution in [0.3, 0.4) is 0 Å². The Morgan fingerprint density at radius 2 is 1.80 bits per heavy atom. The summed E-state index contributed by atoms with van der Waals surface area (Å²) in [5.41, 5.74) is 1.39. The van der Waals surface area contributed by atoms with Crippen molar-refractivity contribution in [3.8, 4) is 0 Å². The summed E-state index contributed by atoms with van der Waals surface area (Å²) in [6.45, 7) is 1.57. The van der Waals surface area contributed by atoms with E-state index in [1.807, 2.05) is 18.2 Å². The zero-order valence-corrected chi connectivity index (χ0v) is 16.9. The SMILES string of the molecule is CN=C(NCCNC(=O)c1ccccc1Cl)NCc1ccccn1.I. The highest BCUT2D eigenvalue weighted by atomic mass is 127. The van der Waals surface area contributed by atoms with Crippen LogP contribution in [-0.4, -0.2) is 37.0 Å². The van der Waals surface area contributed by atoms with Gasteiger partial charge in [-0.05, 0) is 24.3 Å². The Labute approximate surface area is 169 Å². The molecule has 0 spiro atoms. The van der Waals surface area contributed by atoms with Crippen LogP contribution in [0.1, 0.15) is 16.1 Å². The first-order chi connectivity index (χ1) is 11.7. The molecule has 8 heteroatoms. The number of carbonyl (C=O) groups is 1. The second kappa shape index (κ2) is 11.6. The van der Waals surface area contributed by atoms with Crippen LogP contribution in [0.25, 0.3) is 0 Å². The van der Waals surface area contributed by atoms with Crippen molar-refractivity contribution in [3.63, 3.8) is 0 Å². The fourth-order valence-corrected chi connectivity index (χ4v) is 2.22. The van der Waals surface area contributed by atoms with Crippen molar-refractivity contribution in [1.29, 1.82) is 0 Å². The van der Waals surface area contributed by atoms with Gasteiger partial charge in [-0.25, -0.2) is 0 Å². The number of nitrogens with zero attached hydrogens (tertiary/aromatic N) is 2.